The molecular weight excluding hydrogens is 470 g/mol. The van der Waals surface area contributed by atoms with Gasteiger partial charge in [-0.2, -0.15) is 0 Å². The van der Waals surface area contributed by atoms with Gasteiger partial charge in [-0.05, 0) is 37.3 Å². The third-order valence-corrected chi connectivity index (χ3v) is 6.19. The Kier molecular flexibility index (Phi) is 7.17. The first kappa shape index (κ1) is 21.3. The number of carbonyl (C=O) groups is 1. The molecule has 1 aromatic carbocycles. The molecule has 1 saturated heterocycles. The van der Waals surface area contributed by atoms with E-state index in [9.17, 15) is 9.18 Å². The second kappa shape index (κ2) is 9.41. The molecular formula is C21H30FIN4O. The van der Waals surface area contributed by atoms with Gasteiger partial charge in [-0.15, -0.1) is 24.0 Å². The van der Waals surface area contributed by atoms with Gasteiger partial charge < -0.3 is 15.5 Å². The molecule has 4 rings (SSSR count). The van der Waals surface area contributed by atoms with Crippen LogP contribution in [-0.2, 0) is 4.79 Å². The van der Waals surface area contributed by atoms with Crippen LogP contribution in [0.2, 0.25) is 0 Å². The number of hydrogen-bond acceptors (Lipinski definition) is 2. The molecule has 2 saturated carbocycles. The lowest BCUT2D eigenvalue weighted by atomic mass is 10.1. The van der Waals surface area contributed by atoms with Gasteiger partial charge in [0.05, 0.1) is 0 Å². The van der Waals surface area contributed by atoms with Crippen LogP contribution in [0.25, 0.3) is 0 Å². The molecule has 3 atom stereocenters. The maximum atomic E-state index is 13.9. The smallest absolute Gasteiger partial charge is 0.225 e. The van der Waals surface area contributed by atoms with Crippen molar-refractivity contribution in [2.45, 2.75) is 56.5 Å². The minimum atomic E-state index is -0.133. The fraction of sp³-hybridized carbons (Fsp3) is 0.619. The van der Waals surface area contributed by atoms with Gasteiger partial charge >= 0.3 is 0 Å². The van der Waals surface area contributed by atoms with Crippen molar-refractivity contribution in [3.8, 4) is 0 Å². The third kappa shape index (κ3) is 4.78. The Morgan fingerprint density at radius 1 is 1.18 bits per heavy atom. The SMILES string of the molecule is CN=C(NC1CCN(C(=O)C2CCCC2)C1)NC1CC1c1ccccc1F.I. The van der Waals surface area contributed by atoms with Crippen LogP contribution < -0.4 is 10.6 Å². The molecule has 5 nitrogen and oxygen atoms in total. The summed E-state index contributed by atoms with van der Waals surface area (Å²) in [6.45, 7) is 1.57. The number of aliphatic imine (C=N–C) groups is 1. The Morgan fingerprint density at radius 3 is 2.64 bits per heavy atom. The van der Waals surface area contributed by atoms with Gasteiger partial charge in [-0.25, -0.2) is 4.39 Å². The summed E-state index contributed by atoms with van der Waals surface area (Å²) in [5.74, 6) is 1.40. The van der Waals surface area contributed by atoms with Crippen molar-refractivity contribution in [1.82, 2.24) is 15.5 Å². The summed E-state index contributed by atoms with van der Waals surface area (Å²) in [6.07, 6.45) is 6.34. The van der Waals surface area contributed by atoms with Crippen LogP contribution >= 0.6 is 24.0 Å². The molecule has 0 aromatic heterocycles. The maximum Gasteiger partial charge on any atom is 0.225 e. The molecule has 3 fully saturated rings. The number of rotatable bonds is 4. The second-order valence-electron chi connectivity index (χ2n) is 8.08. The van der Waals surface area contributed by atoms with Gasteiger partial charge in [0.15, 0.2) is 5.96 Å². The number of nitrogens with one attached hydrogen (secondary N) is 2. The van der Waals surface area contributed by atoms with Crippen LogP contribution in [0.4, 0.5) is 4.39 Å². The molecule has 1 aromatic rings. The van der Waals surface area contributed by atoms with Crippen LogP contribution in [0.5, 0.6) is 0 Å². The van der Waals surface area contributed by atoms with E-state index in [0.717, 1.165) is 50.3 Å². The Balaban J connectivity index is 0.00000225. The topological polar surface area (TPSA) is 56.7 Å². The highest BCUT2D eigenvalue weighted by atomic mass is 127. The number of benzene rings is 1. The van der Waals surface area contributed by atoms with Gasteiger partial charge in [0.1, 0.15) is 5.82 Å². The van der Waals surface area contributed by atoms with E-state index in [1.54, 1.807) is 13.1 Å². The minimum absolute atomic E-state index is 0. The van der Waals surface area contributed by atoms with Gasteiger partial charge in [0.2, 0.25) is 5.91 Å². The average molecular weight is 500 g/mol. The zero-order valence-electron chi connectivity index (χ0n) is 16.4. The summed E-state index contributed by atoms with van der Waals surface area (Å²) < 4.78 is 13.9. The highest BCUT2D eigenvalue weighted by Gasteiger charge is 2.41. The number of likely N-dealkylation sites (tertiary alicyclic amines) is 1. The molecule has 3 aliphatic rings. The first-order valence-corrected chi connectivity index (χ1v) is 10.2. The number of halogens is 2. The number of amides is 1. The zero-order valence-corrected chi connectivity index (χ0v) is 18.7. The molecule has 28 heavy (non-hydrogen) atoms. The molecule has 0 radical (unpaired) electrons. The Bertz CT molecular complexity index is 722. The van der Waals surface area contributed by atoms with E-state index in [2.05, 4.69) is 15.6 Å². The normalized spacial score (nSPS) is 27.4. The standard InChI is InChI=1S/C21H29FN4O.HI/c1-23-21(25-19-12-17(19)16-8-4-5-9-18(16)22)24-15-10-11-26(13-15)20(27)14-6-2-3-7-14;/h4-5,8-9,14-15,17,19H,2-3,6-7,10-13H2,1H3,(H2,23,24,25);1H. The lowest BCUT2D eigenvalue weighted by molar-refractivity contribution is -0.134. The maximum absolute atomic E-state index is 13.9. The molecule has 0 bridgehead atoms. The first-order chi connectivity index (χ1) is 13.2. The summed E-state index contributed by atoms with van der Waals surface area (Å²) in [4.78, 5) is 18.9. The van der Waals surface area contributed by atoms with Crippen LogP contribution in [0.3, 0.4) is 0 Å². The highest BCUT2D eigenvalue weighted by molar-refractivity contribution is 14.0. The van der Waals surface area contributed by atoms with E-state index in [1.807, 2.05) is 17.0 Å². The summed E-state index contributed by atoms with van der Waals surface area (Å²) in [7, 11) is 1.76. The van der Waals surface area contributed by atoms with Crippen molar-refractivity contribution in [3.63, 3.8) is 0 Å². The Morgan fingerprint density at radius 2 is 1.93 bits per heavy atom. The van der Waals surface area contributed by atoms with Crippen molar-refractivity contribution in [2.24, 2.45) is 10.9 Å². The Hall–Kier alpha value is -1.38. The Labute approximate surface area is 183 Å². The number of nitrogens with zero attached hydrogens (tertiary/aromatic N) is 2. The largest absolute Gasteiger partial charge is 0.353 e. The van der Waals surface area contributed by atoms with E-state index in [1.165, 1.54) is 18.9 Å². The molecule has 1 aliphatic heterocycles. The van der Waals surface area contributed by atoms with E-state index < -0.39 is 0 Å². The predicted molar refractivity (Wildman–Crippen MR) is 120 cm³/mol. The molecule has 2 aliphatic carbocycles. The summed E-state index contributed by atoms with van der Waals surface area (Å²) in [6, 6.07) is 7.43. The van der Waals surface area contributed by atoms with E-state index >= 15 is 0 Å². The number of guanidine groups is 1. The number of carbonyl (C=O) groups excluding carboxylic acids is 1. The average Bonchev–Trinajstić information content (AvgIpc) is 3.07. The molecule has 1 amide bonds. The van der Waals surface area contributed by atoms with Crippen LogP contribution in [0.1, 0.15) is 50.0 Å². The van der Waals surface area contributed by atoms with Crippen molar-refractivity contribution in [3.05, 3.63) is 35.6 Å². The van der Waals surface area contributed by atoms with Crippen molar-refractivity contribution in [1.29, 1.82) is 0 Å². The van der Waals surface area contributed by atoms with Gasteiger partial charge in [-0.1, -0.05) is 31.0 Å². The van der Waals surface area contributed by atoms with Crippen LogP contribution in [0.15, 0.2) is 29.3 Å². The molecule has 0 spiro atoms. The van der Waals surface area contributed by atoms with E-state index in [-0.39, 0.29) is 53.7 Å². The predicted octanol–water partition coefficient (Wildman–Crippen LogP) is 3.26. The summed E-state index contributed by atoms with van der Waals surface area (Å²) in [5.41, 5.74) is 0.777. The van der Waals surface area contributed by atoms with Gasteiger partial charge in [-0.3, -0.25) is 9.79 Å². The minimum Gasteiger partial charge on any atom is -0.353 e. The fourth-order valence-corrected chi connectivity index (χ4v) is 4.52. The lowest BCUT2D eigenvalue weighted by Crippen LogP contribution is -2.46. The highest BCUT2D eigenvalue weighted by Crippen LogP contribution is 2.41. The van der Waals surface area contributed by atoms with Gasteiger partial charge in [0, 0.05) is 44.1 Å². The molecule has 7 heteroatoms. The van der Waals surface area contributed by atoms with Crippen molar-refractivity contribution >= 4 is 35.8 Å². The third-order valence-electron chi connectivity index (χ3n) is 6.19. The van der Waals surface area contributed by atoms with Gasteiger partial charge in [0.25, 0.3) is 0 Å². The quantitative estimate of drug-likeness (QED) is 0.379. The number of hydrogen-bond donors (Lipinski definition) is 2. The van der Waals surface area contributed by atoms with E-state index in [0.29, 0.717) is 5.91 Å². The molecule has 3 unspecified atom stereocenters. The van der Waals surface area contributed by atoms with Crippen molar-refractivity contribution in [2.75, 3.05) is 20.1 Å². The van der Waals surface area contributed by atoms with Crippen LogP contribution in [-0.4, -0.2) is 49.0 Å². The first-order valence-electron chi connectivity index (χ1n) is 10.2. The fourth-order valence-electron chi connectivity index (χ4n) is 4.52. The lowest BCUT2D eigenvalue weighted by Gasteiger charge is -2.21. The summed E-state index contributed by atoms with van der Waals surface area (Å²) in [5, 5.41) is 6.86. The zero-order chi connectivity index (χ0) is 18.8. The monoisotopic (exact) mass is 500 g/mol. The van der Waals surface area contributed by atoms with Crippen LogP contribution in [0, 0.1) is 11.7 Å². The van der Waals surface area contributed by atoms with E-state index in [4.69, 9.17) is 0 Å². The molecule has 1 heterocycles. The second-order valence-corrected chi connectivity index (χ2v) is 8.08. The molecule has 154 valence electrons. The summed E-state index contributed by atoms with van der Waals surface area (Å²) >= 11 is 0. The molecule has 2 N–H and O–H groups in total. The van der Waals surface area contributed by atoms with Crippen molar-refractivity contribution < 1.29 is 9.18 Å².